The summed E-state index contributed by atoms with van der Waals surface area (Å²) in [7, 11) is 1.61. The summed E-state index contributed by atoms with van der Waals surface area (Å²) in [5.41, 5.74) is 0.456. The molecule has 0 aromatic heterocycles. The molecule has 1 fully saturated rings. The van der Waals surface area contributed by atoms with Gasteiger partial charge in [-0.2, -0.15) is 0 Å². The predicted octanol–water partition coefficient (Wildman–Crippen LogP) is 2.17. The molecule has 1 aliphatic rings. The van der Waals surface area contributed by atoms with Crippen molar-refractivity contribution >= 4 is 5.97 Å². The molecule has 4 heteroatoms. The van der Waals surface area contributed by atoms with Crippen LogP contribution in [0.3, 0.4) is 0 Å². The maximum atomic E-state index is 12.3. The van der Waals surface area contributed by atoms with Crippen LogP contribution in [0.4, 0.5) is 0 Å². The van der Waals surface area contributed by atoms with Crippen LogP contribution in [0.2, 0.25) is 0 Å². The fourth-order valence-corrected chi connectivity index (χ4v) is 2.32. The Kier molecular flexibility index (Phi) is 4.93. The molecular weight excluding hydrogens is 244 g/mol. The number of hydrogen-bond acceptors (Lipinski definition) is 4. The number of methoxy groups -OCH3 is 1. The lowest BCUT2D eigenvalue weighted by atomic mass is 9.81. The Morgan fingerprint density at radius 1 is 1.26 bits per heavy atom. The van der Waals surface area contributed by atoms with Crippen molar-refractivity contribution in [3.63, 3.8) is 0 Å². The third-order valence-electron chi connectivity index (χ3n) is 3.52. The van der Waals surface area contributed by atoms with Crippen molar-refractivity contribution < 1.29 is 19.0 Å². The Labute approximate surface area is 113 Å². The molecule has 0 amide bonds. The summed E-state index contributed by atoms with van der Waals surface area (Å²) in [5, 5.41) is 0. The zero-order valence-corrected chi connectivity index (χ0v) is 11.3. The highest BCUT2D eigenvalue weighted by Crippen LogP contribution is 2.32. The Hall–Kier alpha value is -1.39. The number of rotatable bonds is 5. The second-order valence-corrected chi connectivity index (χ2v) is 4.89. The van der Waals surface area contributed by atoms with E-state index in [1.165, 1.54) is 0 Å². The van der Waals surface area contributed by atoms with E-state index in [0.29, 0.717) is 39.3 Å². The van der Waals surface area contributed by atoms with Gasteiger partial charge in [0.05, 0.1) is 12.0 Å². The SMILES string of the molecule is COCC1(C(=O)OCc2ccccc2)CCOCC1. The first-order chi connectivity index (χ1) is 9.27. The fraction of sp³-hybridized carbons (Fsp3) is 0.533. The van der Waals surface area contributed by atoms with E-state index in [1.54, 1.807) is 7.11 Å². The summed E-state index contributed by atoms with van der Waals surface area (Å²) in [5.74, 6) is -0.179. The van der Waals surface area contributed by atoms with E-state index >= 15 is 0 Å². The zero-order valence-electron chi connectivity index (χ0n) is 11.3. The first kappa shape index (κ1) is 14.0. The van der Waals surface area contributed by atoms with Crippen LogP contribution in [0.5, 0.6) is 0 Å². The van der Waals surface area contributed by atoms with Gasteiger partial charge in [0.2, 0.25) is 0 Å². The van der Waals surface area contributed by atoms with Gasteiger partial charge in [0, 0.05) is 20.3 Å². The number of esters is 1. The van der Waals surface area contributed by atoms with Crippen molar-refractivity contribution in [2.24, 2.45) is 5.41 Å². The van der Waals surface area contributed by atoms with Crippen LogP contribution in [-0.4, -0.2) is 32.9 Å². The van der Waals surface area contributed by atoms with Crippen molar-refractivity contribution in [2.45, 2.75) is 19.4 Å². The van der Waals surface area contributed by atoms with Gasteiger partial charge in [-0.05, 0) is 18.4 Å². The van der Waals surface area contributed by atoms with Gasteiger partial charge in [0.1, 0.15) is 6.61 Å². The van der Waals surface area contributed by atoms with Gasteiger partial charge >= 0.3 is 5.97 Å². The highest BCUT2D eigenvalue weighted by Gasteiger charge is 2.41. The van der Waals surface area contributed by atoms with Gasteiger partial charge in [0.15, 0.2) is 0 Å². The van der Waals surface area contributed by atoms with Crippen LogP contribution >= 0.6 is 0 Å². The van der Waals surface area contributed by atoms with E-state index in [0.717, 1.165) is 5.56 Å². The van der Waals surface area contributed by atoms with Crippen LogP contribution in [0.15, 0.2) is 30.3 Å². The second-order valence-electron chi connectivity index (χ2n) is 4.89. The van der Waals surface area contributed by atoms with Gasteiger partial charge in [-0.25, -0.2) is 0 Å². The smallest absolute Gasteiger partial charge is 0.314 e. The van der Waals surface area contributed by atoms with E-state index in [1.807, 2.05) is 30.3 Å². The van der Waals surface area contributed by atoms with E-state index < -0.39 is 5.41 Å². The first-order valence-electron chi connectivity index (χ1n) is 6.55. The Morgan fingerprint density at radius 2 is 1.95 bits per heavy atom. The highest BCUT2D eigenvalue weighted by atomic mass is 16.5. The summed E-state index contributed by atoms with van der Waals surface area (Å²) in [6, 6.07) is 9.70. The normalized spacial score (nSPS) is 17.9. The minimum atomic E-state index is -0.540. The van der Waals surface area contributed by atoms with E-state index in [-0.39, 0.29) is 5.97 Å². The summed E-state index contributed by atoms with van der Waals surface area (Å²) >= 11 is 0. The molecule has 104 valence electrons. The van der Waals surface area contributed by atoms with Crippen molar-refractivity contribution in [2.75, 3.05) is 26.9 Å². The number of benzene rings is 1. The number of carbonyl (C=O) groups excluding carboxylic acids is 1. The third-order valence-corrected chi connectivity index (χ3v) is 3.52. The zero-order chi connectivity index (χ0) is 13.6. The molecule has 0 saturated carbocycles. The molecule has 4 nitrogen and oxygen atoms in total. The molecule has 2 rings (SSSR count). The van der Waals surface area contributed by atoms with Crippen LogP contribution in [0.1, 0.15) is 18.4 Å². The maximum absolute atomic E-state index is 12.3. The minimum Gasteiger partial charge on any atom is -0.460 e. The molecule has 1 saturated heterocycles. The largest absolute Gasteiger partial charge is 0.460 e. The average Bonchev–Trinajstić information content (AvgIpc) is 2.47. The van der Waals surface area contributed by atoms with E-state index in [9.17, 15) is 4.79 Å². The number of hydrogen-bond donors (Lipinski definition) is 0. The van der Waals surface area contributed by atoms with E-state index in [2.05, 4.69) is 0 Å². The van der Waals surface area contributed by atoms with Crippen LogP contribution in [-0.2, 0) is 25.6 Å². The maximum Gasteiger partial charge on any atom is 0.314 e. The van der Waals surface area contributed by atoms with Crippen LogP contribution in [0, 0.1) is 5.41 Å². The number of ether oxygens (including phenoxy) is 3. The minimum absolute atomic E-state index is 0.179. The lowest BCUT2D eigenvalue weighted by Crippen LogP contribution is -2.42. The molecule has 0 atom stereocenters. The lowest BCUT2D eigenvalue weighted by molar-refractivity contribution is -0.168. The van der Waals surface area contributed by atoms with Gasteiger partial charge in [-0.1, -0.05) is 30.3 Å². The third kappa shape index (κ3) is 3.55. The molecule has 0 bridgehead atoms. The summed E-state index contributed by atoms with van der Waals surface area (Å²) in [6.07, 6.45) is 1.32. The lowest BCUT2D eigenvalue weighted by Gasteiger charge is -2.34. The molecule has 1 aromatic rings. The van der Waals surface area contributed by atoms with Crippen LogP contribution < -0.4 is 0 Å². The van der Waals surface area contributed by atoms with E-state index in [4.69, 9.17) is 14.2 Å². The molecule has 0 N–H and O–H groups in total. The van der Waals surface area contributed by atoms with Gasteiger partial charge < -0.3 is 14.2 Å². The molecule has 1 aliphatic heterocycles. The van der Waals surface area contributed by atoms with Gasteiger partial charge in [-0.15, -0.1) is 0 Å². The first-order valence-corrected chi connectivity index (χ1v) is 6.55. The highest BCUT2D eigenvalue weighted by molar-refractivity contribution is 5.77. The topological polar surface area (TPSA) is 44.8 Å². The molecule has 1 heterocycles. The molecule has 0 radical (unpaired) electrons. The standard InChI is InChI=1S/C15H20O4/c1-17-12-15(7-9-18-10-8-15)14(16)19-11-13-5-3-2-4-6-13/h2-6H,7-12H2,1H3. The van der Waals surface area contributed by atoms with Crippen molar-refractivity contribution in [1.29, 1.82) is 0 Å². The van der Waals surface area contributed by atoms with Crippen molar-refractivity contribution in [1.82, 2.24) is 0 Å². The monoisotopic (exact) mass is 264 g/mol. The predicted molar refractivity (Wildman–Crippen MR) is 70.6 cm³/mol. The summed E-state index contributed by atoms with van der Waals surface area (Å²) < 4.78 is 16.0. The van der Waals surface area contributed by atoms with Crippen molar-refractivity contribution in [3.8, 4) is 0 Å². The molecular formula is C15H20O4. The van der Waals surface area contributed by atoms with Crippen molar-refractivity contribution in [3.05, 3.63) is 35.9 Å². The molecule has 19 heavy (non-hydrogen) atoms. The quantitative estimate of drug-likeness (QED) is 0.765. The average molecular weight is 264 g/mol. The summed E-state index contributed by atoms with van der Waals surface area (Å²) in [6.45, 7) is 1.88. The van der Waals surface area contributed by atoms with Gasteiger partial charge in [0.25, 0.3) is 0 Å². The van der Waals surface area contributed by atoms with Crippen LogP contribution in [0.25, 0.3) is 0 Å². The molecule has 0 aliphatic carbocycles. The Bertz CT molecular complexity index is 390. The molecule has 1 aromatic carbocycles. The second kappa shape index (κ2) is 6.68. The molecule has 0 unspecified atom stereocenters. The summed E-state index contributed by atoms with van der Waals surface area (Å²) in [4.78, 5) is 12.3. The Morgan fingerprint density at radius 3 is 2.58 bits per heavy atom. The number of carbonyl (C=O) groups is 1. The fourth-order valence-electron chi connectivity index (χ4n) is 2.32. The molecule has 0 spiro atoms. The Balaban J connectivity index is 1.96. The van der Waals surface area contributed by atoms with Gasteiger partial charge in [-0.3, -0.25) is 4.79 Å².